The summed E-state index contributed by atoms with van der Waals surface area (Å²) in [6.07, 6.45) is -0.399. The molecule has 0 spiro atoms. The van der Waals surface area contributed by atoms with Crippen molar-refractivity contribution in [2.75, 3.05) is 13.2 Å². The highest BCUT2D eigenvalue weighted by Gasteiger charge is 2.39. The molecule has 5 nitrogen and oxygen atoms in total. The Labute approximate surface area is 152 Å². The third-order valence-corrected chi connectivity index (χ3v) is 4.75. The van der Waals surface area contributed by atoms with Gasteiger partial charge in [0.25, 0.3) is 0 Å². The molecule has 26 heavy (non-hydrogen) atoms. The number of aryl methyl sites for hydroxylation is 1. The van der Waals surface area contributed by atoms with E-state index in [2.05, 4.69) is 0 Å². The van der Waals surface area contributed by atoms with E-state index in [9.17, 15) is 4.79 Å². The van der Waals surface area contributed by atoms with Crippen LogP contribution in [0.25, 0.3) is 0 Å². The third kappa shape index (κ3) is 3.80. The molecule has 0 aromatic heterocycles. The van der Waals surface area contributed by atoms with E-state index in [1.165, 1.54) is 0 Å². The summed E-state index contributed by atoms with van der Waals surface area (Å²) in [6.45, 7) is 2.82. The fraction of sp³-hybridized carbons (Fsp3) is 0.381. The van der Waals surface area contributed by atoms with Crippen LogP contribution >= 0.6 is 0 Å². The van der Waals surface area contributed by atoms with Crippen molar-refractivity contribution in [3.05, 3.63) is 71.3 Å². The second-order valence-electron chi connectivity index (χ2n) is 6.75. The molecular weight excluding hydrogens is 332 g/mol. The fourth-order valence-corrected chi connectivity index (χ4v) is 3.27. The monoisotopic (exact) mass is 354 g/mol. The summed E-state index contributed by atoms with van der Waals surface area (Å²) in [6, 6.07) is 17.2. The van der Waals surface area contributed by atoms with E-state index in [0.29, 0.717) is 25.2 Å². The van der Waals surface area contributed by atoms with Crippen LogP contribution in [0.5, 0.6) is 0 Å². The van der Waals surface area contributed by atoms with Crippen LogP contribution in [-0.2, 0) is 18.9 Å². The van der Waals surface area contributed by atoms with E-state index in [4.69, 9.17) is 18.9 Å². The summed E-state index contributed by atoms with van der Waals surface area (Å²) < 4.78 is 23.3. The van der Waals surface area contributed by atoms with Gasteiger partial charge in [-0.1, -0.05) is 48.0 Å². The Morgan fingerprint density at radius 1 is 0.962 bits per heavy atom. The summed E-state index contributed by atoms with van der Waals surface area (Å²) in [5.41, 5.74) is 2.63. The first-order chi connectivity index (χ1) is 12.7. The number of carbonyl (C=O) groups is 1. The van der Waals surface area contributed by atoms with E-state index >= 15 is 0 Å². The zero-order valence-electron chi connectivity index (χ0n) is 14.7. The molecule has 2 aromatic carbocycles. The van der Waals surface area contributed by atoms with Gasteiger partial charge in [0.15, 0.2) is 6.29 Å². The molecule has 0 N–H and O–H groups in total. The SMILES string of the molecule is Cc1ccc(C(=O)OC2COC3COC(c4ccccc4)O[C@H]3C2)cc1. The standard InChI is InChI=1S/C21H22O5/c1-14-7-9-15(10-8-14)20(22)25-17-11-18-19(23-12-17)13-24-21(26-18)16-5-3-2-4-6-16/h2-10,17-19,21H,11-13H2,1H3/t17?,18-,19?,21?/m0/s1. The van der Waals surface area contributed by atoms with Crippen molar-refractivity contribution in [2.45, 2.75) is 37.9 Å². The van der Waals surface area contributed by atoms with E-state index in [-0.39, 0.29) is 24.3 Å². The minimum absolute atomic E-state index is 0.121. The molecule has 2 saturated heterocycles. The van der Waals surface area contributed by atoms with Crippen molar-refractivity contribution in [2.24, 2.45) is 0 Å². The highest BCUT2D eigenvalue weighted by atomic mass is 16.7. The largest absolute Gasteiger partial charge is 0.456 e. The van der Waals surface area contributed by atoms with Crippen LogP contribution in [0.15, 0.2) is 54.6 Å². The van der Waals surface area contributed by atoms with Gasteiger partial charge >= 0.3 is 5.97 Å². The van der Waals surface area contributed by atoms with Crippen molar-refractivity contribution in [1.82, 2.24) is 0 Å². The maximum Gasteiger partial charge on any atom is 0.338 e. The van der Waals surface area contributed by atoms with E-state index in [1.807, 2.05) is 49.4 Å². The maximum atomic E-state index is 12.3. The lowest BCUT2D eigenvalue weighted by atomic mass is 10.0. The number of hydrogen-bond donors (Lipinski definition) is 0. The van der Waals surface area contributed by atoms with Gasteiger partial charge < -0.3 is 18.9 Å². The average molecular weight is 354 g/mol. The van der Waals surface area contributed by atoms with E-state index in [0.717, 1.165) is 11.1 Å². The number of hydrogen-bond acceptors (Lipinski definition) is 5. The highest BCUT2D eigenvalue weighted by molar-refractivity contribution is 5.89. The van der Waals surface area contributed by atoms with E-state index in [1.54, 1.807) is 12.1 Å². The first-order valence-corrected chi connectivity index (χ1v) is 8.90. The predicted octanol–water partition coefficient (Wildman–Crippen LogP) is 3.42. The first kappa shape index (κ1) is 17.2. The van der Waals surface area contributed by atoms with Crippen LogP contribution < -0.4 is 0 Å². The molecule has 0 radical (unpaired) electrons. The molecule has 2 aliphatic rings. The number of ether oxygens (including phenoxy) is 4. The van der Waals surface area contributed by atoms with Gasteiger partial charge in [0, 0.05) is 12.0 Å². The highest BCUT2D eigenvalue weighted by Crippen LogP contribution is 2.32. The number of fused-ring (bicyclic) bond motifs is 1. The Kier molecular flexibility index (Phi) is 5.02. The Balaban J connectivity index is 1.37. The normalized spacial score (nSPS) is 28.2. The fourth-order valence-electron chi connectivity index (χ4n) is 3.27. The lowest BCUT2D eigenvalue weighted by molar-refractivity contribution is -0.287. The zero-order chi connectivity index (χ0) is 17.9. The van der Waals surface area contributed by atoms with Crippen LogP contribution in [0.1, 0.15) is 34.2 Å². The Morgan fingerprint density at radius 2 is 1.73 bits per heavy atom. The summed E-state index contributed by atoms with van der Waals surface area (Å²) in [5.74, 6) is -0.330. The third-order valence-electron chi connectivity index (χ3n) is 4.75. The molecule has 2 aliphatic heterocycles. The van der Waals surface area contributed by atoms with Crippen molar-refractivity contribution < 1.29 is 23.7 Å². The number of esters is 1. The van der Waals surface area contributed by atoms with Crippen LogP contribution in [0.2, 0.25) is 0 Å². The first-order valence-electron chi connectivity index (χ1n) is 8.90. The minimum Gasteiger partial charge on any atom is -0.456 e. The molecule has 2 aromatic rings. The van der Waals surface area contributed by atoms with Gasteiger partial charge in [0.1, 0.15) is 12.2 Å². The van der Waals surface area contributed by atoms with Gasteiger partial charge in [0.05, 0.1) is 24.9 Å². The smallest absolute Gasteiger partial charge is 0.338 e. The van der Waals surface area contributed by atoms with Crippen LogP contribution in [0.3, 0.4) is 0 Å². The lowest BCUT2D eigenvalue weighted by Gasteiger charge is -2.41. The topological polar surface area (TPSA) is 54.0 Å². The number of benzene rings is 2. The van der Waals surface area contributed by atoms with Crippen molar-refractivity contribution >= 4 is 5.97 Å². The molecule has 4 atom stereocenters. The second-order valence-corrected chi connectivity index (χ2v) is 6.75. The Bertz CT molecular complexity index is 743. The summed E-state index contributed by atoms with van der Waals surface area (Å²) in [7, 11) is 0. The molecule has 0 amide bonds. The van der Waals surface area contributed by atoms with Gasteiger partial charge in [-0.15, -0.1) is 0 Å². The second kappa shape index (κ2) is 7.58. The van der Waals surface area contributed by atoms with Gasteiger partial charge in [0.2, 0.25) is 0 Å². The van der Waals surface area contributed by atoms with Crippen LogP contribution in [0, 0.1) is 6.92 Å². The lowest BCUT2D eigenvalue weighted by Crippen LogP contribution is -2.50. The average Bonchev–Trinajstić information content (AvgIpc) is 2.68. The number of carbonyl (C=O) groups excluding carboxylic acids is 1. The zero-order valence-corrected chi connectivity index (χ0v) is 14.7. The van der Waals surface area contributed by atoms with Gasteiger partial charge in [-0.05, 0) is 19.1 Å². The minimum atomic E-state index is -0.410. The van der Waals surface area contributed by atoms with Crippen molar-refractivity contribution in [1.29, 1.82) is 0 Å². The summed E-state index contributed by atoms with van der Waals surface area (Å²) in [5, 5.41) is 0. The van der Waals surface area contributed by atoms with Crippen LogP contribution in [0.4, 0.5) is 0 Å². The molecule has 3 unspecified atom stereocenters. The quantitative estimate of drug-likeness (QED) is 0.791. The Hall–Kier alpha value is -2.21. The molecule has 5 heteroatoms. The maximum absolute atomic E-state index is 12.3. The molecule has 136 valence electrons. The summed E-state index contributed by atoms with van der Waals surface area (Å²) >= 11 is 0. The predicted molar refractivity (Wildman–Crippen MR) is 94.7 cm³/mol. The Morgan fingerprint density at radius 3 is 2.50 bits per heavy atom. The van der Waals surface area contributed by atoms with Gasteiger partial charge in [-0.25, -0.2) is 4.79 Å². The van der Waals surface area contributed by atoms with Crippen LogP contribution in [-0.4, -0.2) is 37.5 Å². The molecule has 4 rings (SSSR count). The molecule has 0 bridgehead atoms. The van der Waals surface area contributed by atoms with Crippen molar-refractivity contribution in [3.63, 3.8) is 0 Å². The molecule has 2 heterocycles. The van der Waals surface area contributed by atoms with Gasteiger partial charge in [-0.2, -0.15) is 0 Å². The van der Waals surface area contributed by atoms with Crippen molar-refractivity contribution in [3.8, 4) is 0 Å². The molecular formula is C21H22O5. The molecule has 0 saturated carbocycles. The van der Waals surface area contributed by atoms with Gasteiger partial charge in [-0.3, -0.25) is 0 Å². The molecule has 0 aliphatic carbocycles. The van der Waals surface area contributed by atoms with E-state index < -0.39 is 6.29 Å². The summed E-state index contributed by atoms with van der Waals surface area (Å²) in [4.78, 5) is 12.3. The number of rotatable bonds is 3. The molecule has 2 fully saturated rings.